The molecule has 2 rings (SSSR count). The van der Waals surface area contributed by atoms with E-state index in [0.717, 1.165) is 12.8 Å². The summed E-state index contributed by atoms with van der Waals surface area (Å²) in [6, 6.07) is 1.72. The van der Waals surface area contributed by atoms with Gasteiger partial charge in [-0.2, -0.15) is 0 Å². The van der Waals surface area contributed by atoms with Crippen molar-refractivity contribution in [2.75, 3.05) is 0 Å². The third kappa shape index (κ3) is 3.10. The number of nitrogens with one attached hydrogen (secondary N) is 1. The molecule has 1 fully saturated rings. The summed E-state index contributed by atoms with van der Waals surface area (Å²) in [7, 11) is -3.55. The van der Waals surface area contributed by atoms with Gasteiger partial charge in [0.25, 0.3) is 0 Å². The Morgan fingerprint density at radius 3 is 2.78 bits per heavy atom. The van der Waals surface area contributed by atoms with E-state index in [1.165, 1.54) is 6.92 Å². The van der Waals surface area contributed by atoms with Gasteiger partial charge >= 0.3 is 0 Å². The van der Waals surface area contributed by atoms with Gasteiger partial charge in [-0.25, -0.2) is 8.42 Å². The summed E-state index contributed by atoms with van der Waals surface area (Å²) in [5.41, 5.74) is 0.332. The molecule has 1 aliphatic rings. The lowest BCUT2D eigenvalue weighted by atomic mass is 10.4. The van der Waals surface area contributed by atoms with Crippen LogP contribution in [-0.2, 0) is 20.4 Å². The molecule has 0 aromatic carbocycles. The molecule has 1 N–H and O–H groups in total. The van der Waals surface area contributed by atoms with Crippen molar-refractivity contribution in [2.24, 2.45) is 0 Å². The van der Waals surface area contributed by atoms with Crippen LogP contribution in [0, 0.1) is 6.92 Å². The molecule has 0 unspecified atom stereocenters. The van der Waals surface area contributed by atoms with Crippen LogP contribution in [0.3, 0.4) is 0 Å². The first kappa shape index (κ1) is 13.1. The Morgan fingerprint density at radius 1 is 1.61 bits per heavy atom. The average molecular weight is 272 g/mol. The number of hydrogen-bond acceptors (Lipinski definition) is 5. The number of nitrogens with zero attached hydrogens (tertiary/aromatic N) is 1. The van der Waals surface area contributed by atoms with Crippen molar-refractivity contribution in [3.05, 3.63) is 17.5 Å². The van der Waals surface area contributed by atoms with Crippen LogP contribution in [0.25, 0.3) is 0 Å². The van der Waals surface area contributed by atoms with Crippen LogP contribution in [0.4, 0.5) is 0 Å². The predicted octanol–water partition coefficient (Wildman–Crippen LogP) is 0.565. The van der Waals surface area contributed by atoms with E-state index in [4.69, 9.17) is 4.52 Å². The molecular formula is C11H16N2O4S. The topological polar surface area (TPSA) is 89.3 Å². The number of amides is 1. The van der Waals surface area contributed by atoms with E-state index in [9.17, 15) is 13.2 Å². The minimum atomic E-state index is -3.55. The van der Waals surface area contributed by atoms with Crippen molar-refractivity contribution in [3.8, 4) is 0 Å². The average Bonchev–Trinajstić information content (AvgIpc) is 3.00. The highest BCUT2D eigenvalue weighted by Crippen LogP contribution is 2.20. The standard InChI is InChI=1S/C11H16N2O4S/c1-7-5-10(13-17-7)6-18(15,16)8(2)11(14)12-9-3-4-9/h5,8-9H,3-4,6H2,1-2H3,(H,12,14)/t8-/m1/s1. The Bertz CT molecular complexity index is 545. The fourth-order valence-corrected chi connectivity index (χ4v) is 2.72. The van der Waals surface area contributed by atoms with Gasteiger partial charge in [-0.15, -0.1) is 0 Å². The van der Waals surface area contributed by atoms with Gasteiger partial charge in [0, 0.05) is 12.1 Å². The molecule has 1 aromatic rings. The van der Waals surface area contributed by atoms with Gasteiger partial charge in [0.2, 0.25) is 5.91 Å². The smallest absolute Gasteiger partial charge is 0.238 e. The maximum absolute atomic E-state index is 12.0. The van der Waals surface area contributed by atoms with Gasteiger partial charge in [0.1, 0.15) is 11.0 Å². The van der Waals surface area contributed by atoms with Crippen LogP contribution >= 0.6 is 0 Å². The van der Waals surface area contributed by atoms with Gasteiger partial charge in [-0.05, 0) is 26.7 Å². The van der Waals surface area contributed by atoms with Crippen molar-refractivity contribution in [1.82, 2.24) is 10.5 Å². The summed E-state index contributed by atoms with van der Waals surface area (Å²) in [4.78, 5) is 11.7. The largest absolute Gasteiger partial charge is 0.361 e. The van der Waals surface area contributed by atoms with E-state index in [1.54, 1.807) is 13.0 Å². The summed E-state index contributed by atoms with van der Waals surface area (Å²) < 4.78 is 28.8. The molecule has 1 amide bonds. The molecule has 0 saturated heterocycles. The molecule has 0 spiro atoms. The molecule has 0 radical (unpaired) electrons. The highest BCUT2D eigenvalue weighted by Gasteiger charge is 2.32. The lowest BCUT2D eigenvalue weighted by molar-refractivity contribution is -0.120. The summed E-state index contributed by atoms with van der Waals surface area (Å²) in [5.74, 6) is -0.156. The van der Waals surface area contributed by atoms with Crippen LogP contribution in [0.15, 0.2) is 10.6 Å². The van der Waals surface area contributed by atoms with Crippen molar-refractivity contribution >= 4 is 15.7 Å². The van der Waals surface area contributed by atoms with Gasteiger partial charge in [-0.3, -0.25) is 4.79 Å². The quantitative estimate of drug-likeness (QED) is 0.846. The highest BCUT2D eigenvalue weighted by molar-refractivity contribution is 7.92. The van der Waals surface area contributed by atoms with E-state index in [-0.39, 0.29) is 11.8 Å². The van der Waals surface area contributed by atoms with Crippen LogP contribution < -0.4 is 5.32 Å². The maximum Gasteiger partial charge on any atom is 0.238 e. The fraction of sp³-hybridized carbons (Fsp3) is 0.636. The van der Waals surface area contributed by atoms with Crippen molar-refractivity contribution in [2.45, 2.75) is 43.7 Å². The molecule has 1 saturated carbocycles. The second-order valence-corrected chi connectivity index (χ2v) is 6.98. The van der Waals surface area contributed by atoms with Gasteiger partial charge in [-0.1, -0.05) is 5.16 Å². The van der Waals surface area contributed by atoms with Crippen LogP contribution in [0.1, 0.15) is 31.2 Å². The van der Waals surface area contributed by atoms with Crippen LogP contribution in [-0.4, -0.2) is 30.8 Å². The van der Waals surface area contributed by atoms with E-state index < -0.39 is 21.0 Å². The molecule has 0 bridgehead atoms. The van der Waals surface area contributed by atoms with Gasteiger partial charge in [0.05, 0.1) is 11.4 Å². The molecule has 0 aliphatic heterocycles. The molecule has 1 aromatic heterocycles. The summed E-state index contributed by atoms with van der Waals surface area (Å²) in [6.45, 7) is 3.09. The third-order valence-electron chi connectivity index (χ3n) is 2.86. The number of rotatable bonds is 5. The minimum absolute atomic E-state index is 0.157. The van der Waals surface area contributed by atoms with E-state index in [0.29, 0.717) is 11.5 Å². The molecule has 7 heteroatoms. The monoisotopic (exact) mass is 272 g/mol. The number of sulfone groups is 1. The zero-order chi connectivity index (χ0) is 13.3. The van der Waals surface area contributed by atoms with Gasteiger partial charge < -0.3 is 9.84 Å². The van der Waals surface area contributed by atoms with Gasteiger partial charge in [0.15, 0.2) is 9.84 Å². The summed E-state index contributed by atoms with van der Waals surface area (Å²) in [5, 5.41) is 5.26. The van der Waals surface area contributed by atoms with Crippen molar-refractivity contribution < 1.29 is 17.7 Å². The Hall–Kier alpha value is -1.37. The molecule has 6 nitrogen and oxygen atoms in total. The highest BCUT2D eigenvalue weighted by atomic mass is 32.2. The van der Waals surface area contributed by atoms with Crippen LogP contribution in [0.2, 0.25) is 0 Å². The Labute approximate surface area is 106 Å². The number of carbonyl (C=O) groups excluding carboxylic acids is 1. The number of hydrogen-bond donors (Lipinski definition) is 1. The second kappa shape index (κ2) is 4.72. The Balaban J connectivity index is 2.02. The maximum atomic E-state index is 12.0. The summed E-state index contributed by atoms with van der Waals surface area (Å²) >= 11 is 0. The SMILES string of the molecule is Cc1cc(CS(=O)(=O)[C@H](C)C(=O)NC2CC2)no1. The molecule has 100 valence electrons. The molecule has 18 heavy (non-hydrogen) atoms. The van der Waals surface area contributed by atoms with E-state index >= 15 is 0 Å². The third-order valence-corrected chi connectivity index (χ3v) is 4.85. The first-order valence-corrected chi connectivity index (χ1v) is 7.54. The zero-order valence-electron chi connectivity index (χ0n) is 10.3. The normalized spacial score (nSPS) is 17.4. The van der Waals surface area contributed by atoms with Crippen molar-refractivity contribution in [1.29, 1.82) is 0 Å². The number of carbonyl (C=O) groups is 1. The Morgan fingerprint density at radius 2 is 2.28 bits per heavy atom. The fourth-order valence-electron chi connectivity index (χ4n) is 1.53. The lowest BCUT2D eigenvalue weighted by Gasteiger charge is -2.11. The Kier molecular flexibility index (Phi) is 3.43. The van der Waals surface area contributed by atoms with E-state index in [1.807, 2.05) is 0 Å². The molecular weight excluding hydrogens is 256 g/mol. The lowest BCUT2D eigenvalue weighted by Crippen LogP contribution is -2.39. The second-order valence-electron chi connectivity index (χ2n) is 4.66. The molecule has 1 aliphatic carbocycles. The predicted molar refractivity (Wildman–Crippen MR) is 64.5 cm³/mol. The summed E-state index contributed by atoms with van der Waals surface area (Å²) in [6.07, 6.45) is 1.86. The van der Waals surface area contributed by atoms with Crippen molar-refractivity contribution in [3.63, 3.8) is 0 Å². The van der Waals surface area contributed by atoms with E-state index in [2.05, 4.69) is 10.5 Å². The number of aromatic nitrogens is 1. The zero-order valence-corrected chi connectivity index (χ0v) is 11.2. The first-order valence-electron chi connectivity index (χ1n) is 5.82. The first-order chi connectivity index (χ1) is 8.38. The molecule has 1 atom stereocenters. The minimum Gasteiger partial charge on any atom is -0.361 e. The number of aryl methyl sites for hydroxylation is 1. The van der Waals surface area contributed by atoms with Crippen LogP contribution in [0.5, 0.6) is 0 Å². The molecule has 1 heterocycles.